The van der Waals surface area contributed by atoms with Gasteiger partial charge in [0.1, 0.15) is 12.6 Å². The number of ether oxygens (including phenoxy) is 1. The van der Waals surface area contributed by atoms with Crippen LogP contribution in [-0.4, -0.2) is 25.6 Å². The summed E-state index contributed by atoms with van der Waals surface area (Å²) in [5.74, 6) is 1.63. The Balaban J connectivity index is 1.65. The highest BCUT2D eigenvalue weighted by Crippen LogP contribution is 2.30. The van der Waals surface area contributed by atoms with Crippen molar-refractivity contribution in [3.63, 3.8) is 0 Å². The molecule has 4 heteroatoms. The number of rotatable bonds is 3. The largest absolute Gasteiger partial charge is 0.478 e. The van der Waals surface area contributed by atoms with Gasteiger partial charge in [0, 0.05) is 11.4 Å². The molecule has 0 amide bonds. The lowest BCUT2D eigenvalue weighted by Gasteiger charge is -2.21. The highest BCUT2D eigenvalue weighted by atomic mass is 35.5. The van der Waals surface area contributed by atoms with E-state index in [2.05, 4.69) is 5.32 Å². The van der Waals surface area contributed by atoms with E-state index in [9.17, 15) is 0 Å². The van der Waals surface area contributed by atoms with Gasteiger partial charge < -0.3 is 10.1 Å². The minimum atomic E-state index is 0.0745. The van der Waals surface area contributed by atoms with E-state index >= 15 is 0 Å². The summed E-state index contributed by atoms with van der Waals surface area (Å²) in [5.41, 5.74) is 1.07. The number of aliphatic imine (C=N–C) groups is 1. The number of nitrogens with zero attached hydrogens (tertiary/aromatic N) is 1. The van der Waals surface area contributed by atoms with Gasteiger partial charge >= 0.3 is 0 Å². The molecule has 0 saturated carbocycles. The average molecular weight is 279 g/mol. The van der Waals surface area contributed by atoms with E-state index in [1.807, 2.05) is 24.3 Å². The zero-order chi connectivity index (χ0) is 13.1. The predicted octanol–water partition coefficient (Wildman–Crippen LogP) is 3.20. The first-order valence-corrected chi connectivity index (χ1v) is 7.35. The van der Waals surface area contributed by atoms with E-state index in [1.54, 1.807) is 0 Å². The first-order chi connectivity index (χ1) is 9.33. The van der Waals surface area contributed by atoms with Crippen molar-refractivity contribution in [2.45, 2.75) is 25.3 Å². The Kier molecular flexibility index (Phi) is 4.04. The zero-order valence-corrected chi connectivity index (χ0v) is 11.7. The van der Waals surface area contributed by atoms with E-state index in [4.69, 9.17) is 21.3 Å². The molecule has 1 unspecified atom stereocenters. The molecular formula is C15H19ClN2O. The standard InChI is InChI=1S/C15H19ClN2O/c16-13-4-2-1-3-12(13)14-10-19-15(18-14)9-11-5-7-17-8-6-11/h1-4,11,14,17H,5-10H2. The molecule has 2 aliphatic heterocycles. The van der Waals surface area contributed by atoms with Gasteiger partial charge in [0.25, 0.3) is 0 Å². The molecule has 2 aliphatic rings. The second-order valence-corrected chi connectivity index (χ2v) is 5.68. The number of benzene rings is 1. The summed E-state index contributed by atoms with van der Waals surface area (Å²) in [6, 6.07) is 7.97. The van der Waals surface area contributed by atoms with Crippen LogP contribution in [0.25, 0.3) is 0 Å². The molecule has 0 aliphatic carbocycles. The number of piperidine rings is 1. The van der Waals surface area contributed by atoms with Crippen molar-refractivity contribution in [3.8, 4) is 0 Å². The van der Waals surface area contributed by atoms with E-state index in [-0.39, 0.29) is 6.04 Å². The highest BCUT2D eigenvalue weighted by molar-refractivity contribution is 6.31. The SMILES string of the molecule is Clc1ccccc1C1COC(CC2CCNCC2)=N1. The Labute approximate surface area is 119 Å². The fourth-order valence-corrected chi connectivity index (χ4v) is 3.03. The summed E-state index contributed by atoms with van der Waals surface area (Å²) >= 11 is 6.21. The number of hydrogen-bond donors (Lipinski definition) is 1. The molecule has 1 atom stereocenters. The van der Waals surface area contributed by atoms with Crippen LogP contribution < -0.4 is 5.32 Å². The number of nitrogens with one attached hydrogen (secondary N) is 1. The minimum Gasteiger partial charge on any atom is -0.478 e. The second kappa shape index (κ2) is 5.93. The van der Waals surface area contributed by atoms with Crippen molar-refractivity contribution in [2.24, 2.45) is 10.9 Å². The number of halogens is 1. The van der Waals surface area contributed by atoms with E-state index < -0.39 is 0 Å². The van der Waals surface area contributed by atoms with Gasteiger partial charge in [-0.3, -0.25) is 0 Å². The third-order valence-corrected chi connectivity index (χ3v) is 4.24. The lowest BCUT2D eigenvalue weighted by atomic mass is 9.95. The highest BCUT2D eigenvalue weighted by Gasteiger charge is 2.25. The summed E-state index contributed by atoms with van der Waals surface area (Å²) in [5, 5.41) is 4.16. The molecule has 1 aromatic carbocycles. The lowest BCUT2D eigenvalue weighted by Crippen LogP contribution is -2.28. The molecule has 1 saturated heterocycles. The van der Waals surface area contributed by atoms with Crippen molar-refractivity contribution in [3.05, 3.63) is 34.9 Å². The van der Waals surface area contributed by atoms with Gasteiger partial charge in [-0.15, -0.1) is 0 Å². The van der Waals surface area contributed by atoms with Crippen LogP contribution in [0.4, 0.5) is 0 Å². The first kappa shape index (κ1) is 12.9. The quantitative estimate of drug-likeness (QED) is 0.921. The van der Waals surface area contributed by atoms with Gasteiger partial charge in [-0.25, -0.2) is 4.99 Å². The summed E-state index contributed by atoms with van der Waals surface area (Å²) < 4.78 is 5.75. The van der Waals surface area contributed by atoms with Crippen LogP contribution in [0.15, 0.2) is 29.3 Å². The molecule has 0 radical (unpaired) electrons. The van der Waals surface area contributed by atoms with Crippen LogP contribution in [0.1, 0.15) is 30.9 Å². The van der Waals surface area contributed by atoms with Gasteiger partial charge in [0.2, 0.25) is 0 Å². The Morgan fingerprint density at radius 1 is 1.26 bits per heavy atom. The Morgan fingerprint density at radius 3 is 2.84 bits per heavy atom. The van der Waals surface area contributed by atoms with Gasteiger partial charge in [0.05, 0.1) is 0 Å². The first-order valence-electron chi connectivity index (χ1n) is 6.97. The molecule has 19 heavy (non-hydrogen) atoms. The van der Waals surface area contributed by atoms with Crippen LogP contribution in [-0.2, 0) is 4.74 Å². The monoisotopic (exact) mass is 278 g/mol. The summed E-state index contributed by atoms with van der Waals surface area (Å²) in [6.45, 7) is 2.86. The summed E-state index contributed by atoms with van der Waals surface area (Å²) in [7, 11) is 0. The maximum absolute atomic E-state index is 6.21. The maximum Gasteiger partial charge on any atom is 0.184 e. The smallest absolute Gasteiger partial charge is 0.184 e. The lowest BCUT2D eigenvalue weighted by molar-refractivity contribution is 0.294. The molecule has 1 N–H and O–H groups in total. The van der Waals surface area contributed by atoms with Gasteiger partial charge in [-0.1, -0.05) is 29.8 Å². The molecule has 3 rings (SSSR count). The second-order valence-electron chi connectivity index (χ2n) is 5.27. The van der Waals surface area contributed by atoms with Crippen molar-refractivity contribution in [1.29, 1.82) is 0 Å². The van der Waals surface area contributed by atoms with Crippen LogP contribution in [0.5, 0.6) is 0 Å². The third kappa shape index (κ3) is 3.10. The van der Waals surface area contributed by atoms with E-state index in [0.717, 1.165) is 36.0 Å². The fraction of sp³-hybridized carbons (Fsp3) is 0.533. The van der Waals surface area contributed by atoms with Crippen LogP contribution in [0.2, 0.25) is 5.02 Å². The topological polar surface area (TPSA) is 33.6 Å². The van der Waals surface area contributed by atoms with Crippen molar-refractivity contribution in [2.75, 3.05) is 19.7 Å². The summed E-state index contributed by atoms with van der Waals surface area (Å²) in [4.78, 5) is 4.70. The molecular weight excluding hydrogens is 260 g/mol. The normalized spacial score (nSPS) is 24.1. The van der Waals surface area contributed by atoms with Gasteiger partial charge in [-0.05, 0) is 43.5 Å². The predicted molar refractivity (Wildman–Crippen MR) is 77.8 cm³/mol. The Morgan fingerprint density at radius 2 is 2.05 bits per heavy atom. The maximum atomic E-state index is 6.21. The van der Waals surface area contributed by atoms with Crippen molar-refractivity contribution in [1.82, 2.24) is 5.32 Å². The van der Waals surface area contributed by atoms with E-state index in [0.29, 0.717) is 12.5 Å². The molecule has 102 valence electrons. The molecule has 1 fully saturated rings. The molecule has 2 heterocycles. The minimum absolute atomic E-state index is 0.0745. The molecule has 3 nitrogen and oxygen atoms in total. The number of hydrogen-bond acceptors (Lipinski definition) is 3. The van der Waals surface area contributed by atoms with Crippen molar-refractivity contribution < 1.29 is 4.74 Å². The van der Waals surface area contributed by atoms with E-state index in [1.165, 1.54) is 12.8 Å². The molecule has 0 aromatic heterocycles. The zero-order valence-electron chi connectivity index (χ0n) is 10.9. The molecule has 1 aromatic rings. The Hall–Kier alpha value is -1.06. The summed E-state index contributed by atoms with van der Waals surface area (Å²) in [6.07, 6.45) is 3.42. The Bertz CT molecular complexity index is 469. The van der Waals surface area contributed by atoms with Gasteiger partial charge in [0.15, 0.2) is 5.90 Å². The molecule has 0 spiro atoms. The molecule has 0 bridgehead atoms. The van der Waals surface area contributed by atoms with Crippen molar-refractivity contribution >= 4 is 17.5 Å². The third-order valence-electron chi connectivity index (χ3n) is 3.89. The van der Waals surface area contributed by atoms with Crippen LogP contribution in [0, 0.1) is 5.92 Å². The van der Waals surface area contributed by atoms with Crippen LogP contribution >= 0.6 is 11.6 Å². The fourth-order valence-electron chi connectivity index (χ4n) is 2.77. The average Bonchev–Trinajstić information content (AvgIpc) is 2.89. The van der Waals surface area contributed by atoms with Gasteiger partial charge in [-0.2, -0.15) is 0 Å². The van der Waals surface area contributed by atoms with Crippen LogP contribution in [0.3, 0.4) is 0 Å².